The third-order valence-electron chi connectivity index (χ3n) is 5.65. The molecule has 0 spiro atoms. The second-order valence-corrected chi connectivity index (χ2v) is 13.2. The topological polar surface area (TPSA) is 121 Å². The Morgan fingerprint density at radius 2 is 1.84 bits per heavy atom. The monoisotopic (exact) mass is 594 g/mol. The summed E-state index contributed by atoms with van der Waals surface area (Å²) < 4.78 is 26.2. The Bertz CT molecular complexity index is 1740. The zero-order chi connectivity index (χ0) is 27.6. The second kappa shape index (κ2) is 11.4. The first-order chi connectivity index (χ1) is 17.9. The van der Waals surface area contributed by atoms with Gasteiger partial charge in [0, 0.05) is 25.2 Å². The number of aromatic nitrogens is 2. The van der Waals surface area contributed by atoms with Crippen molar-refractivity contribution in [2.24, 2.45) is 0 Å². The molecule has 2 N–H and O–H groups in total. The van der Waals surface area contributed by atoms with Crippen molar-refractivity contribution in [3.05, 3.63) is 84.3 Å². The van der Waals surface area contributed by atoms with E-state index in [4.69, 9.17) is 23.2 Å². The van der Waals surface area contributed by atoms with Crippen LogP contribution in [0, 0.1) is 0 Å². The fourth-order valence-corrected chi connectivity index (χ4v) is 6.94. The molecule has 4 rings (SSSR count). The first-order valence-electron chi connectivity index (χ1n) is 11.4. The number of nitrogens with zero attached hydrogens (tertiary/aromatic N) is 2. The highest BCUT2D eigenvalue weighted by molar-refractivity contribution is 7.94. The first-order valence-corrected chi connectivity index (χ1v) is 14.6. The highest BCUT2D eigenvalue weighted by atomic mass is 35.5. The molecule has 0 saturated carbocycles. The zero-order valence-corrected chi connectivity index (χ0v) is 23.6. The quantitative estimate of drug-likeness (QED) is 0.287. The number of nitrogens with one attached hydrogen (secondary N) is 2. The van der Waals surface area contributed by atoms with E-state index in [0.717, 1.165) is 28.1 Å². The number of carbonyl (C=O) groups excluding carboxylic acids is 1. The van der Waals surface area contributed by atoms with Crippen LogP contribution in [-0.4, -0.2) is 61.6 Å². The summed E-state index contributed by atoms with van der Waals surface area (Å²) in [5, 5.41) is 3.61. The lowest BCUT2D eigenvalue weighted by atomic mass is 10.1. The number of anilines is 1. The number of likely N-dealkylation sites (N-methyl/N-ethyl adjacent to an activating group) is 1. The Morgan fingerprint density at radius 3 is 2.50 bits per heavy atom. The van der Waals surface area contributed by atoms with E-state index in [9.17, 15) is 22.8 Å². The van der Waals surface area contributed by atoms with Crippen LogP contribution in [0.4, 0.5) is 5.69 Å². The van der Waals surface area contributed by atoms with Gasteiger partial charge in [0.1, 0.15) is 9.96 Å². The molecule has 4 aromatic rings. The maximum absolute atomic E-state index is 13.2. The minimum absolute atomic E-state index is 0.0237. The van der Waals surface area contributed by atoms with Crippen molar-refractivity contribution in [1.29, 1.82) is 0 Å². The number of ketones is 1. The molecule has 0 amide bonds. The van der Waals surface area contributed by atoms with Crippen LogP contribution >= 0.6 is 34.5 Å². The van der Waals surface area contributed by atoms with Crippen molar-refractivity contribution in [3.63, 3.8) is 0 Å². The molecule has 0 atom stereocenters. The summed E-state index contributed by atoms with van der Waals surface area (Å²) in [5.41, 5.74) is 0.530. The Balaban J connectivity index is 1.56. The number of sulfone groups is 1. The van der Waals surface area contributed by atoms with Crippen LogP contribution in [0.3, 0.4) is 0 Å². The molecule has 2 aromatic carbocycles. The molecule has 38 heavy (non-hydrogen) atoms. The summed E-state index contributed by atoms with van der Waals surface area (Å²) >= 11 is 13.1. The molecule has 0 aliphatic heterocycles. The van der Waals surface area contributed by atoms with E-state index in [1.807, 2.05) is 19.0 Å². The molecular weight excluding hydrogens is 571 g/mol. The van der Waals surface area contributed by atoms with Gasteiger partial charge in [-0.15, -0.1) is 11.3 Å². The number of hydrogen-bond acceptors (Lipinski definition) is 8. The lowest BCUT2D eigenvalue weighted by Gasteiger charge is -2.13. The van der Waals surface area contributed by atoms with Gasteiger partial charge in [-0.3, -0.25) is 9.59 Å². The summed E-state index contributed by atoms with van der Waals surface area (Å²) in [6, 6.07) is 12.3. The maximum atomic E-state index is 13.2. The number of aromatic amines is 1. The van der Waals surface area contributed by atoms with E-state index >= 15 is 0 Å². The summed E-state index contributed by atoms with van der Waals surface area (Å²) in [5.74, 6) is -1.21. The smallest absolute Gasteiger partial charge is 0.333 e. The number of rotatable bonds is 10. The van der Waals surface area contributed by atoms with Gasteiger partial charge in [-0.25, -0.2) is 17.8 Å². The van der Waals surface area contributed by atoms with Crippen LogP contribution < -0.4 is 16.6 Å². The van der Waals surface area contributed by atoms with Crippen LogP contribution in [-0.2, 0) is 21.1 Å². The van der Waals surface area contributed by atoms with E-state index in [-0.39, 0.29) is 21.3 Å². The zero-order valence-electron chi connectivity index (χ0n) is 20.5. The largest absolute Gasteiger partial charge is 0.384 e. The van der Waals surface area contributed by atoms with E-state index in [0.29, 0.717) is 27.3 Å². The van der Waals surface area contributed by atoms with E-state index in [1.54, 1.807) is 18.2 Å². The molecule has 0 saturated heterocycles. The van der Waals surface area contributed by atoms with Crippen molar-refractivity contribution in [2.75, 3.05) is 38.3 Å². The number of hydrogen-bond donors (Lipinski definition) is 2. The minimum Gasteiger partial charge on any atom is -0.384 e. The highest BCUT2D eigenvalue weighted by Crippen LogP contribution is 2.27. The average molecular weight is 596 g/mol. The summed E-state index contributed by atoms with van der Waals surface area (Å²) in [6.45, 7) is 1.51. The molecule has 9 nitrogen and oxygen atoms in total. The fourth-order valence-electron chi connectivity index (χ4n) is 3.84. The number of benzene rings is 2. The van der Waals surface area contributed by atoms with Crippen molar-refractivity contribution in [3.8, 4) is 5.69 Å². The van der Waals surface area contributed by atoms with Gasteiger partial charge in [-0.05, 0) is 62.1 Å². The molecule has 0 bridgehead atoms. The Morgan fingerprint density at radius 1 is 1.08 bits per heavy atom. The van der Waals surface area contributed by atoms with Gasteiger partial charge in [-0.2, -0.15) is 0 Å². The molecule has 0 aliphatic rings. The number of thiophene rings is 1. The Hall–Kier alpha value is -2.96. The first kappa shape index (κ1) is 28.1. The number of Topliss-reactive ketones (excluding diaryl/α,β-unsaturated/α-hetero) is 1. The predicted octanol–water partition coefficient (Wildman–Crippen LogP) is 3.61. The summed E-state index contributed by atoms with van der Waals surface area (Å²) in [6.07, 6.45) is -0.190. The maximum Gasteiger partial charge on any atom is 0.333 e. The van der Waals surface area contributed by atoms with Gasteiger partial charge in [0.2, 0.25) is 0 Å². The number of H-pyrrole nitrogens is 1. The lowest BCUT2D eigenvalue weighted by Crippen LogP contribution is -2.33. The molecule has 0 radical (unpaired) electrons. The molecule has 0 aliphatic carbocycles. The molecule has 0 unspecified atom stereocenters. The molecule has 2 heterocycles. The number of halogens is 2. The molecule has 13 heteroatoms. The SMILES string of the molecule is CN(C)CCNc1ccc2c(=O)n(-c3ccc(CC(=O)CS(=O)(=O)c4ccc(Cl)s4)cc3Cl)c(=O)[nH]c2c1. The fraction of sp³-hybridized carbons (Fsp3) is 0.240. The number of fused-ring (bicyclic) bond motifs is 1. The minimum atomic E-state index is -3.81. The van der Waals surface area contributed by atoms with Gasteiger partial charge in [0.05, 0.1) is 25.9 Å². The van der Waals surface area contributed by atoms with Gasteiger partial charge in [-0.1, -0.05) is 29.3 Å². The second-order valence-electron chi connectivity index (χ2n) is 8.88. The van der Waals surface area contributed by atoms with Gasteiger partial charge < -0.3 is 15.2 Å². The third-order valence-corrected chi connectivity index (χ3v) is 9.44. The van der Waals surface area contributed by atoms with Crippen LogP contribution in [0.25, 0.3) is 16.6 Å². The summed E-state index contributed by atoms with van der Waals surface area (Å²) in [7, 11) is 0.116. The molecule has 0 fully saturated rings. The lowest BCUT2D eigenvalue weighted by molar-refractivity contribution is -0.116. The van der Waals surface area contributed by atoms with Gasteiger partial charge in [0.25, 0.3) is 5.56 Å². The van der Waals surface area contributed by atoms with E-state index < -0.39 is 32.6 Å². The number of carbonyl (C=O) groups is 1. The van der Waals surface area contributed by atoms with E-state index in [1.165, 1.54) is 30.3 Å². The Labute approximate surface area is 232 Å². The van der Waals surface area contributed by atoms with E-state index in [2.05, 4.69) is 10.3 Å². The molecule has 200 valence electrons. The van der Waals surface area contributed by atoms with Crippen LogP contribution in [0.2, 0.25) is 9.36 Å². The third kappa shape index (κ3) is 6.36. The molecular formula is C25H24Cl2N4O5S2. The predicted molar refractivity (Wildman–Crippen MR) is 152 cm³/mol. The standard InChI is InChI=1S/C25H24Cl2N4O5S2/c1-30(2)10-9-28-16-4-5-18-20(13-16)29-25(34)31(24(18)33)21-6-3-15(12-19(21)26)11-17(32)14-38(35,36)23-8-7-22(27)37-23/h3-8,12-13,28H,9-11,14H2,1-2H3,(H,29,34). The normalized spacial score (nSPS) is 11.8. The molecule has 2 aromatic heterocycles. The van der Waals surface area contributed by atoms with Gasteiger partial charge >= 0.3 is 5.69 Å². The van der Waals surface area contributed by atoms with Crippen molar-refractivity contribution in [2.45, 2.75) is 10.6 Å². The average Bonchev–Trinajstić information content (AvgIpc) is 3.27. The van der Waals surface area contributed by atoms with Gasteiger partial charge in [0.15, 0.2) is 15.6 Å². The highest BCUT2D eigenvalue weighted by Gasteiger charge is 2.22. The van der Waals surface area contributed by atoms with Crippen molar-refractivity contribution in [1.82, 2.24) is 14.5 Å². The summed E-state index contributed by atoms with van der Waals surface area (Å²) in [4.78, 5) is 43.3. The van der Waals surface area contributed by atoms with Crippen LogP contribution in [0.15, 0.2) is 62.3 Å². The van der Waals surface area contributed by atoms with Crippen molar-refractivity contribution < 1.29 is 13.2 Å². The van der Waals surface area contributed by atoms with Crippen LogP contribution in [0.5, 0.6) is 0 Å². The Kier molecular flexibility index (Phi) is 8.43. The van der Waals surface area contributed by atoms with Crippen LogP contribution in [0.1, 0.15) is 5.56 Å². The van der Waals surface area contributed by atoms with Crippen molar-refractivity contribution >= 4 is 66.7 Å².